The number of anilines is 5. The van der Waals surface area contributed by atoms with Crippen molar-refractivity contribution < 1.29 is 43.1 Å². The van der Waals surface area contributed by atoms with E-state index < -0.39 is 11.7 Å². The number of alkyl halides is 3. The van der Waals surface area contributed by atoms with E-state index in [1.165, 1.54) is 40.9 Å². The van der Waals surface area contributed by atoms with Crippen LogP contribution in [0, 0.1) is 99.6 Å². The molecular formula is C85H65Cl2F4N11O5S5. The van der Waals surface area contributed by atoms with E-state index in [0.717, 1.165) is 94.6 Å². The highest BCUT2D eigenvalue weighted by atomic mass is 35.5. The minimum Gasteiger partial charge on any atom is -0.506 e. The molecule has 15 aromatic rings. The molecule has 0 spiro atoms. The zero-order valence-electron chi connectivity index (χ0n) is 60.1. The lowest BCUT2D eigenvalue weighted by molar-refractivity contribution is -0.137. The summed E-state index contributed by atoms with van der Waals surface area (Å²) >= 11 is 19.6. The largest absolute Gasteiger partial charge is 0.506 e. The van der Waals surface area contributed by atoms with Gasteiger partial charge in [-0.25, -0.2) is 34.3 Å². The Balaban J connectivity index is 0.000000139. The molecule has 0 atom stereocenters. The van der Waals surface area contributed by atoms with Gasteiger partial charge in [0.05, 0.1) is 103 Å². The number of para-hydroxylation sites is 2. The molecule has 0 unspecified atom stereocenters. The first-order chi connectivity index (χ1) is 53.9. The smallest absolute Gasteiger partial charge is 0.416 e. The van der Waals surface area contributed by atoms with Gasteiger partial charge in [0.1, 0.15) is 68.0 Å². The molecule has 0 aliphatic rings. The minimum absolute atomic E-state index is 0.0667. The van der Waals surface area contributed by atoms with Crippen LogP contribution in [0.4, 0.5) is 46.1 Å². The number of thiazole rings is 5. The molecule has 15 rings (SSSR count). The van der Waals surface area contributed by atoms with Gasteiger partial charge in [-0.15, -0.1) is 56.7 Å². The van der Waals surface area contributed by atoms with Crippen LogP contribution in [0.1, 0.15) is 58.4 Å². The number of halogens is 6. The van der Waals surface area contributed by atoms with Crippen LogP contribution >= 0.6 is 79.9 Å². The van der Waals surface area contributed by atoms with E-state index in [4.69, 9.17) is 23.2 Å². The summed E-state index contributed by atoms with van der Waals surface area (Å²) in [6, 6.07) is 49.8. The van der Waals surface area contributed by atoms with Crippen molar-refractivity contribution in [3.8, 4) is 88.0 Å². The predicted molar refractivity (Wildman–Crippen MR) is 452 cm³/mol. The number of aryl methyl sites for hydroxylation is 5. The summed E-state index contributed by atoms with van der Waals surface area (Å²) in [5.74, 6) is 31.0. The quantitative estimate of drug-likeness (QED) is 0.0452. The summed E-state index contributed by atoms with van der Waals surface area (Å²) < 4.78 is 56.0. The number of hydrogen-bond donors (Lipinski definition) is 10. The second kappa shape index (κ2) is 38.4. The Morgan fingerprint density at radius 3 is 1.07 bits per heavy atom. The lowest BCUT2D eigenvalue weighted by Gasteiger charge is -2.08. The van der Waals surface area contributed by atoms with Crippen molar-refractivity contribution in [2.24, 2.45) is 0 Å². The minimum atomic E-state index is -4.37. The molecule has 9 aromatic carbocycles. The van der Waals surface area contributed by atoms with Crippen molar-refractivity contribution in [2.75, 3.05) is 59.3 Å². The Labute approximate surface area is 672 Å². The maximum atomic E-state index is 13.4. The van der Waals surface area contributed by atoms with Crippen LogP contribution in [0.15, 0.2) is 182 Å². The number of nitrogens with zero attached hydrogens (tertiary/aromatic N) is 6. The monoisotopic (exact) mass is 1630 g/mol. The third kappa shape index (κ3) is 23.1. The Bertz CT molecular complexity index is 6100. The first-order valence-electron chi connectivity index (χ1n) is 33.9. The first-order valence-corrected chi connectivity index (χ1v) is 38.7. The summed E-state index contributed by atoms with van der Waals surface area (Å²) in [4.78, 5) is 25.5. The van der Waals surface area contributed by atoms with Gasteiger partial charge in [0.25, 0.3) is 0 Å². The number of nitrogens with one attached hydrogen (secondary N) is 5. The Kier molecular flexibility index (Phi) is 27.6. The molecular weight excluding hydrogens is 1560 g/mol. The SMILES string of the molecule is Cc1nc2c(O)cc(C#CCNc3cccc(C(F)(F)F)c3)cc2s1.Cc1nc2c(O)cc(C#CCNc3cccc(Cl)c3)cc2s1.Cc1nc2c(O)cc(C#CCNc3ccccc3Cl)cc2s1.Cc1nc2c(O)cc(C#CCNc3ccccc3F)cc2s1.Cc1nc2c(O)cc(C#CCNc3ccccn3)cc2s1. The van der Waals surface area contributed by atoms with Crippen molar-refractivity contribution in [3.05, 3.63) is 256 Å². The third-order valence-electron chi connectivity index (χ3n) is 15.4. The van der Waals surface area contributed by atoms with Gasteiger partial charge < -0.3 is 52.1 Å². The molecule has 0 saturated heterocycles. The first kappa shape index (κ1) is 80.7. The number of benzene rings is 9. The fourth-order valence-corrected chi connectivity index (χ4v) is 15.3. The van der Waals surface area contributed by atoms with E-state index in [2.05, 4.69) is 116 Å². The van der Waals surface area contributed by atoms with Crippen molar-refractivity contribution in [1.82, 2.24) is 29.9 Å². The summed E-state index contributed by atoms with van der Waals surface area (Å²) in [7, 11) is 0. The van der Waals surface area contributed by atoms with Crippen molar-refractivity contribution in [1.29, 1.82) is 0 Å². The molecule has 6 aromatic heterocycles. The van der Waals surface area contributed by atoms with Crippen molar-refractivity contribution >= 4 is 160 Å². The van der Waals surface area contributed by atoms with Gasteiger partial charge in [-0.1, -0.05) is 125 Å². The molecule has 27 heteroatoms. The van der Waals surface area contributed by atoms with Gasteiger partial charge >= 0.3 is 6.18 Å². The number of pyridine rings is 1. The van der Waals surface area contributed by atoms with Gasteiger partial charge in [0, 0.05) is 50.4 Å². The standard InChI is InChI=1S/C18H13F3N2OS.2C17H13ClN2OS.C17H13FN2OS.C16H13N3OS/c1-11-23-17-15(24)8-12(9-16(17)25-11)4-3-7-22-14-6-2-5-13(10-14)18(19,20)21;1-11-20-17-15(21)8-12(9-16(17)22-11)4-3-7-19-14-6-2-5-13(18)10-14;2*1-11-20-17-15(21)9-12(10-16(17)22-11)5-4-8-19-14-7-3-2-6-13(14)18;1-11-19-16-13(20)9-12(10-14(16)21-11)5-4-8-18-15-6-2-3-7-17-15/h2,5-6,8-10,22,24H,7H2,1H3;2,5-6,8-10,19,21H,7H2,1H3;2*2-3,6-7,9-10,19,21H,8H2,1H3;2-3,6-7,9-10,20H,8H2,1H3,(H,17,18). The Morgan fingerprint density at radius 1 is 0.366 bits per heavy atom. The number of hydrogen-bond acceptors (Lipinski definition) is 21. The molecule has 0 fully saturated rings. The third-order valence-corrected chi connectivity index (χ3v) is 20.5. The summed E-state index contributed by atoms with van der Waals surface area (Å²) in [5, 5.41) is 70.9. The summed E-state index contributed by atoms with van der Waals surface area (Å²) in [5.41, 5.74) is 8.61. The molecule has 0 amide bonds. The predicted octanol–water partition coefficient (Wildman–Crippen LogP) is 20.7. The van der Waals surface area contributed by atoms with Crippen LogP contribution in [-0.2, 0) is 6.18 Å². The number of aromatic nitrogens is 6. The molecule has 16 nitrogen and oxygen atoms in total. The van der Waals surface area contributed by atoms with Crippen molar-refractivity contribution in [3.63, 3.8) is 0 Å². The number of phenols is 5. The van der Waals surface area contributed by atoms with E-state index in [1.807, 2.05) is 132 Å². The van der Waals surface area contributed by atoms with Gasteiger partial charge in [-0.3, -0.25) is 0 Å². The highest BCUT2D eigenvalue weighted by Gasteiger charge is 2.30. The molecule has 0 bridgehead atoms. The zero-order chi connectivity index (χ0) is 79.3. The van der Waals surface area contributed by atoms with Gasteiger partial charge in [-0.2, -0.15) is 13.2 Å². The normalized spacial score (nSPS) is 10.5. The fourth-order valence-electron chi connectivity index (χ4n) is 10.5. The molecule has 6 heterocycles. The maximum absolute atomic E-state index is 13.4. The van der Waals surface area contributed by atoms with Crippen LogP contribution < -0.4 is 26.6 Å². The number of fused-ring (bicyclic) bond motifs is 5. The average Bonchev–Trinajstić information content (AvgIpc) is 1.70. The highest BCUT2D eigenvalue weighted by molar-refractivity contribution is 7.20. The topological polar surface area (TPSA) is 239 Å². The second-order valence-corrected chi connectivity index (χ2v) is 30.9. The van der Waals surface area contributed by atoms with Crippen LogP contribution in [0.2, 0.25) is 10.0 Å². The van der Waals surface area contributed by atoms with Gasteiger partial charge in [-0.05, 0) is 168 Å². The van der Waals surface area contributed by atoms with E-state index in [9.17, 15) is 43.1 Å². The molecule has 10 N–H and O–H groups in total. The molecule has 0 radical (unpaired) electrons. The lowest BCUT2D eigenvalue weighted by atomic mass is 10.2. The van der Waals surface area contributed by atoms with Crippen LogP contribution in [-0.4, -0.2) is 88.2 Å². The van der Waals surface area contributed by atoms with E-state index in [0.29, 0.717) is 86.3 Å². The number of rotatable bonds is 10. The van der Waals surface area contributed by atoms with Crippen molar-refractivity contribution in [2.45, 2.75) is 40.8 Å². The molecule has 0 aliphatic carbocycles. The Hall–Kier alpha value is -12.3. The number of aromatic hydroxyl groups is 5. The average molecular weight is 1630 g/mol. The van der Waals surface area contributed by atoms with Gasteiger partial charge in [0.15, 0.2) is 0 Å². The molecule has 0 saturated carbocycles. The maximum Gasteiger partial charge on any atom is 0.416 e. The van der Waals surface area contributed by atoms with Crippen LogP contribution in [0.5, 0.6) is 28.7 Å². The van der Waals surface area contributed by atoms with Crippen LogP contribution in [0.25, 0.3) is 51.1 Å². The van der Waals surface area contributed by atoms with Gasteiger partial charge in [0.2, 0.25) is 0 Å². The number of phenolic OH excluding ortho intramolecular Hbond substituents is 5. The Morgan fingerprint density at radius 2 is 0.705 bits per heavy atom. The summed E-state index contributed by atoms with van der Waals surface area (Å²) in [6.45, 7) is 11.5. The van der Waals surface area contributed by atoms with Crippen LogP contribution in [0.3, 0.4) is 0 Å². The summed E-state index contributed by atoms with van der Waals surface area (Å²) in [6.07, 6.45) is -2.64. The fraction of sp³-hybridized carbons (Fsp3) is 0.129. The van der Waals surface area contributed by atoms with E-state index in [-0.39, 0.29) is 41.1 Å². The molecule has 112 heavy (non-hydrogen) atoms. The second-order valence-electron chi connectivity index (χ2n) is 23.9. The lowest BCUT2D eigenvalue weighted by Crippen LogP contribution is -2.06. The molecule has 0 aliphatic heterocycles. The highest BCUT2D eigenvalue weighted by Crippen LogP contribution is 2.36. The zero-order valence-corrected chi connectivity index (χ0v) is 65.7. The van der Waals surface area contributed by atoms with E-state index >= 15 is 0 Å². The molecule has 562 valence electrons. The van der Waals surface area contributed by atoms with E-state index in [1.54, 1.807) is 88.7 Å².